The predicted octanol–water partition coefficient (Wildman–Crippen LogP) is 8.17. The van der Waals surface area contributed by atoms with Crippen LogP contribution in [0.3, 0.4) is 0 Å². The minimum atomic E-state index is -3.14. The van der Waals surface area contributed by atoms with Gasteiger partial charge in [-0.15, -0.1) is 0 Å². The summed E-state index contributed by atoms with van der Waals surface area (Å²) in [7, 11) is 0. The number of nitrogens with zero attached hydrogens (tertiary/aromatic N) is 2. The number of nitrogens with one attached hydrogen (secondary N) is 1. The zero-order valence-corrected chi connectivity index (χ0v) is 22.8. The summed E-state index contributed by atoms with van der Waals surface area (Å²) < 4.78 is 47.1. The van der Waals surface area contributed by atoms with Crippen LogP contribution < -0.4 is 15.0 Å². The van der Waals surface area contributed by atoms with E-state index in [0.717, 1.165) is 12.8 Å². The lowest BCUT2D eigenvalue weighted by Gasteiger charge is -2.24. The van der Waals surface area contributed by atoms with Crippen LogP contribution >= 0.6 is 15.9 Å². The topological polar surface area (TPSA) is 63.0 Å². The van der Waals surface area contributed by atoms with Crippen molar-refractivity contribution in [2.75, 3.05) is 16.8 Å². The monoisotopic (exact) mass is 599 g/mol. The molecule has 2 amide bonds. The molecule has 0 heterocycles. The molecule has 0 atom stereocenters. The number of rotatable bonds is 9. The summed E-state index contributed by atoms with van der Waals surface area (Å²) in [4.78, 5) is 31.2. The molecule has 202 valence electrons. The van der Waals surface area contributed by atoms with Gasteiger partial charge in [0, 0.05) is 16.6 Å². The van der Waals surface area contributed by atoms with Crippen molar-refractivity contribution in [3.8, 4) is 5.75 Å². The lowest BCUT2D eigenvalue weighted by molar-refractivity contribution is -0.0494. The van der Waals surface area contributed by atoms with E-state index in [1.807, 2.05) is 13.8 Å². The molecule has 0 saturated heterocycles. The number of carbonyl (C=O) groups excluding carboxylic acids is 2. The van der Waals surface area contributed by atoms with Crippen molar-refractivity contribution in [1.29, 1.82) is 0 Å². The average Bonchev–Trinajstić information content (AvgIpc) is 3.73. The molecular weight excluding hydrogens is 575 g/mol. The molecule has 3 aromatic carbocycles. The largest absolute Gasteiger partial charge is 0.433 e. The molecule has 1 aliphatic carbocycles. The SMILES string of the molecule is [C-]#[N+]c1ccc(C(=O)N(CC2CC2)c2cccc(C(=O)Nc3c(Br)cc(C(C)C)cc3OC(F)F)c2F)cc1. The molecule has 0 spiro atoms. The molecule has 1 aliphatic rings. The highest BCUT2D eigenvalue weighted by atomic mass is 79.9. The van der Waals surface area contributed by atoms with E-state index in [-0.39, 0.29) is 46.6 Å². The Morgan fingerprint density at radius 1 is 1.15 bits per heavy atom. The van der Waals surface area contributed by atoms with Gasteiger partial charge in [0.2, 0.25) is 0 Å². The number of benzene rings is 3. The van der Waals surface area contributed by atoms with Gasteiger partial charge in [0.05, 0.1) is 23.5 Å². The molecule has 39 heavy (non-hydrogen) atoms. The lowest BCUT2D eigenvalue weighted by atomic mass is 10.0. The van der Waals surface area contributed by atoms with Crippen molar-refractivity contribution < 1.29 is 27.5 Å². The first-order valence-corrected chi connectivity index (χ1v) is 13.1. The molecule has 3 aromatic rings. The number of amides is 2. The first-order valence-electron chi connectivity index (χ1n) is 12.3. The van der Waals surface area contributed by atoms with E-state index in [1.54, 1.807) is 6.07 Å². The zero-order valence-electron chi connectivity index (χ0n) is 21.2. The molecule has 0 unspecified atom stereocenters. The van der Waals surface area contributed by atoms with Crippen molar-refractivity contribution >= 4 is 44.8 Å². The number of halogens is 4. The van der Waals surface area contributed by atoms with E-state index in [4.69, 9.17) is 6.57 Å². The maximum atomic E-state index is 15.9. The summed E-state index contributed by atoms with van der Waals surface area (Å²) in [6.45, 7) is 7.97. The Labute approximate surface area is 232 Å². The standard InChI is InChI=1S/C29H25BrF3N3O3/c1-16(2)19-13-22(30)26(24(14-19)39-29(32)33)35-27(37)21-5-4-6-23(25(21)31)36(15-17-7-8-17)28(38)18-9-11-20(34-3)12-10-18/h4-6,9-14,16-17,29H,7-8,15H2,1-2H3,(H,35,37). The molecule has 1 saturated carbocycles. The molecule has 0 aliphatic heterocycles. The smallest absolute Gasteiger partial charge is 0.387 e. The normalized spacial score (nSPS) is 12.8. The van der Waals surface area contributed by atoms with Gasteiger partial charge >= 0.3 is 6.61 Å². The second kappa shape index (κ2) is 11.9. The number of carbonyl (C=O) groups is 2. The molecule has 4 rings (SSSR count). The summed E-state index contributed by atoms with van der Waals surface area (Å²) in [5.74, 6) is -2.35. The van der Waals surface area contributed by atoms with Gasteiger partial charge in [-0.25, -0.2) is 9.24 Å². The zero-order chi connectivity index (χ0) is 28.3. The summed E-state index contributed by atoms with van der Waals surface area (Å²) >= 11 is 3.30. The van der Waals surface area contributed by atoms with Crippen LogP contribution in [0.4, 0.5) is 30.2 Å². The highest BCUT2D eigenvalue weighted by molar-refractivity contribution is 9.10. The van der Waals surface area contributed by atoms with Gasteiger partial charge in [-0.1, -0.05) is 44.2 Å². The minimum Gasteiger partial charge on any atom is -0.433 e. The molecule has 0 bridgehead atoms. The Morgan fingerprint density at radius 2 is 1.85 bits per heavy atom. The van der Waals surface area contributed by atoms with Crippen LogP contribution in [0.15, 0.2) is 59.1 Å². The second-order valence-corrected chi connectivity index (χ2v) is 10.4. The quantitative estimate of drug-likeness (QED) is 0.252. The van der Waals surface area contributed by atoms with Gasteiger partial charge < -0.3 is 15.0 Å². The van der Waals surface area contributed by atoms with Crippen molar-refractivity contribution in [2.45, 2.75) is 39.2 Å². The fraction of sp³-hybridized carbons (Fsp3) is 0.276. The fourth-order valence-corrected chi connectivity index (χ4v) is 4.57. The van der Waals surface area contributed by atoms with E-state index in [0.29, 0.717) is 15.7 Å². The van der Waals surface area contributed by atoms with E-state index in [1.165, 1.54) is 53.4 Å². The Bertz CT molecular complexity index is 1430. The Hall–Kier alpha value is -3.84. The van der Waals surface area contributed by atoms with Crippen LogP contribution in [0.1, 0.15) is 58.9 Å². The summed E-state index contributed by atoms with van der Waals surface area (Å²) in [5, 5.41) is 2.48. The van der Waals surface area contributed by atoms with Crippen LogP contribution in [-0.2, 0) is 0 Å². The fourth-order valence-electron chi connectivity index (χ4n) is 4.01. The van der Waals surface area contributed by atoms with E-state index < -0.39 is 24.2 Å². The van der Waals surface area contributed by atoms with Gasteiger partial charge in [0.1, 0.15) is 0 Å². The van der Waals surface area contributed by atoms with Crippen molar-refractivity contribution in [3.63, 3.8) is 0 Å². The minimum absolute atomic E-state index is 0.00671. The second-order valence-electron chi connectivity index (χ2n) is 9.52. The number of hydrogen-bond acceptors (Lipinski definition) is 3. The Balaban J connectivity index is 1.68. The van der Waals surface area contributed by atoms with Gasteiger partial charge in [-0.2, -0.15) is 8.78 Å². The Morgan fingerprint density at radius 3 is 2.44 bits per heavy atom. The van der Waals surface area contributed by atoms with Crippen LogP contribution in [0.2, 0.25) is 0 Å². The van der Waals surface area contributed by atoms with Crippen LogP contribution in [0.5, 0.6) is 5.75 Å². The maximum Gasteiger partial charge on any atom is 0.387 e. The number of alkyl halides is 2. The van der Waals surface area contributed by atoms with Gasteiger partial charge in [-0.05, 0) is 70.4 Å². The molecule has 1 fully saturated rings. The molecule has 0 radical (unpaired) electrons. The molecule has 10 heteroatoms. The van der Waals surface area contributed by atoms with E-state index in [2.05, 4.69) is 30.8 Å². The third-order valence-electron chi connectivity index (χ3n) is 6.34. The maximum absolute atomic E-state index is 15.9. The molecule has 0 aromatic heterocycles. The van der Waals surface area contributed by atoms with Gasteiger partial charge in [0.15, 0.2) is 17.3 Å². The predicted molar refractivity (Wildman–Crippen MR) is 146 cm³/mol. The lowest BCUT2D eigenvalue weighted by Crippen LogP contribution is -2.34. The third-order valence-corrected chi connectivity index (χ3v) is 6.96. The van der Waals surface area contributed by atoms with E-state index >= 15 is 4.39 Å². The first kappa shape index (κ1) is 28.2. The van der Waals surface area contributed by atoms with Gasteiger partial charge in [-0.3, -0.25) is 9.59 Å². The number of anilines is 2. The van der Waals surface area contributed by atoms with Crippen molar-refractivity contribution in [3.05, 3.63) is 93.0 Å². The first-order chi connectivity index (χ1) is 18.6. The summed E-state index contributed by atoms with van der Waals surface area (Å²) in [6.07, 6.45) is 1.80. The highest BCUT2D eigenvalue weighted by Crippen LogP contribution is 2.38. The third kappa shape index (κ3) is 6.60. The molecule has 6 nitrogen and oxygen atoms in total. The van der Waals surface area contributed by atoms with Gasteiger partial charge in [0.25, 0.3) is 11.8 Å². The highest BCUT2D eigenvalue weighted by Gasteiger charge is 2.31. The van der Waals surface area contributed by atoms with Crippen LogP contribution in [0.25, 0.3) is 4.85 Å². The number of ether oxygens (including phenoxy) is 1. The van der Waals surface area contributed by atoms with Crippen LogP contribution in [-0.4, -0.2) is 25.0 Å². The van der Waals surface area contributed by atoms with E-state index in [9.17, 15) is 18.4 Å². The molecule has 1 N–H and O–H groups in total. The summed E-state index contributed by atoms with van der Waals surface area (Å²) in [6, 6.07) is 13.2. The van der Waals surface area contributed by atoms with Crippen molar-refractivity contribution in [1.82, 2.24) is 0 Å². The summed E-state index contributed by atoms with van der Waals surface area (Å²) in [5.41, 5.74) is 0.829. The number of hydrogen-bond donors (Lipinski definition) is 1. The van der Waals surface area contributed by atoms with Crippen LogP contribution in [0, 0.1) is 18.3 Å². The van der Waals surface area contributed by atoms with Crippen molar-refractivity contribution in [2.24, 2.45) is 5.92 Å². The average molecular weight is 600 g/mol. The Kier molecular flexibility index (Phi) is 8.60. The molecular formula is C29H25BrF3N3O3.